The van der Waals surface area contributed by atoms with Gasteiger partial charge in [0, 0.05) is 24.3 Å². The van der Waals surface area contributed by atoms with Crippen molar-refractivity contribution in [1.29, 1.82) is 0 Å². The van der Waals surface area contributed by atoms with E-state index in [-0.39, 0.29) is 11.7 Å². The quantitative estimate of drug-likeness (QED) is 0.770. The molecule has 1 fully saturated rings. The van der Waals surface area contributed by atoms with Crippen LogP contribution in [0.5, 0.6) is 5.75 Å². The van der Waals surface area contributed by atoms with E-state index in [1.165, 1.54) is 11.4 Å². The Kier molecular flexibility index (Phi) is 6.56. The molecule has 0 radical (unpaired) electrons. The Bertz CT molecular complexity index is 941. The molecule has 1 amide bonds. The predicted molar refractivity (Wildman–Crippen MR) is 107 cm³/mol. The molecular formula is C19H21ClN2O5S. The molecule has 1 aliphatic heterocycles. The molecule has 7 nitrogen and oxygen atoms in total. The highest BCUT2D eigenvalue weighted by molar-refractivity contribution is 7.88. The van der Waals surface area contributed by atoms with Gasteiger partial charge in [-0.2, -0.15) is 4.31 Å². The largest absolute Gasteiger partial charge is 0.495 e. The van der Waals surface area contributed by atoms with Gasteiger partial charge in [-0.1, -0.05) is 23.7 Å². The van der Waals surface area contributed by atoms with Crippen molar-refractivity contribution in [2.45, 2.75) is 5.75 Å². The number of anilines is 1. The van der Waals surface area contributed by atoms with Crippen LogP contribution < -0.4 is 10.1 Å². The number of methoxy groups -OCH3 is 1. The van der Waals surface area contributed by atoms with Crippen LogP contribution in [0.15, 0.2) is 42.5 Å². The maximum Gasteiger partial charge on any atom is 0.255 e. The lowest BCUT2D eigenvalue weighted by atomic mass is 10.1. The van der Waals surface area contributed by atoms with Gasteiger partial charge in [-0.15, -0.1) is 0 Å². The number of nitrogens with one attached hydrogen (secondary N) is 1. The van der Waals surface area contributed by atoms with E-state index in [0.717, 1.165) is 0 Å². The summed E-state index contributed by atoms with van der Waals surface area (Å²) < 4.78 is 36.6. The zero-order chi connectivity index (χ0) is 20.1. The van der Waals surface area contributed by atoms with Gasteiger partial charge in [-0.3, -0.25) is 4.79 Å². The zero-order valence-corrected chi connectivity index (χ0v) is 16.9. The van der Waals surface area contributed by atoms with Gasteiger partial charge in [0.2, 0.25) is 10.0 Å². The molecule has 0 bridgehead atoms. The predicted octanol–water partition coefficient (Wildman–Crippen LogP) is 2.76. The number of carbonyl (C=O) groups is 1. The third-order valence-electron chi connectivity index (χ3n) is 4.34. The third-order valence-corrected chi connectivity index (χ3v) is 6.48. The van der Waals surface area contributed by atoms with Crippen molar-refractivity contribution in [3.63, 3.8) is 0 Å². The molecule has 0 unspecified atom stereocenters. The molecule has 0 saturated carbocycles. The number of carbonyl (C=O) groups excluding carboxylic acids is 1. The van der Waals surface area contributed by atoms with Crippen LogP contribution in [0.25, 0.3) is 0 Å². The Labute approximate surface area is 169 Å². The summed E-state index contributed by atoms with van der Waals surface area (Å²) in [5.74, 6) is 0.0949. The summed E-state index contributed by atoms with van der Waals surface area (Å²) in [6.45, 7) is 1.56. The topological polar surface area (TPSA) is 84.9 Å². The van der Waals surface area contributed by atoms with E-state index in [9.17, 15) is 13.2 Å². The monoisotopic (exact) mass is 424 g/mol. The Morgan fingerprint density at radius 3 is 2.46 bits per heavy atom. The number of halogens is 1. The van der Waals surface area contributed by atoms with Crippen LogP contribution in [0.4, 0.5) is 5.69 Å². The van der Waals surface area contributed by atoms with Crippen LogP contribution in [-0.4, -0.2) is 52.0 Å². The lowest BCUT2D eigenvalue weighted by molar-refractivity contribution is 0.0729. The van der Waals surface area contributed by atoms with E-state index in [1.54, 1.807) is 42.5 Å². The van der Waals surface area contributed by atoms with E-state index in [0.29, 0.717) is 53.9 Å². The first-order chi connectivity index (χ1) is 13.4. The molecule has 3 rings (SSSR count). The Morgan fingerprint density at radius 1 is 1.18 bits per heavy atom. The van der Waals surface area contributed by atoms with Crippen LogP contribution >= 0.6 is 11.6 Å². The van der Waals surface area contributed by atoms with Crippen molar-refractivity contribution in [2.24, 2.45) is 0 Å². The second-order valence-corrected chi connectivity index (χ2v) is 8.64. The maximum absolute atomic E-state index is 12.5. The van der Waals surface area contributed by atoms with Crippen molar-refractivity contribution in [2.75, 3.05) is 38.7 Å². The van der Waals surface area contributed by atoms with Gasteiger partial charge in [0.15, 0.2) is 0 Å². The molecule has 1 aliphatic rings. The molecule has 0 aliphatic carbocycles. The van der Waals surface area contributed by atoms with Crippen LogP contribution in [0, 0.1) is 0 Å². The minimum Gasteiger partial charge on any atom is -0.495 e. The van der Waals surface area contributed by atoms with E-state index in [1.807, 2.05) is 0 Å². The molecule has 1 N–H and O–H groups in total. The number of ether oxygens (including phenoxy) is 2. The second kappa shape index (κ2) is 8.91. The van der Waals surface area contributed by atoms with Gasteiger partial charge < -0.3 is 14.8 Å². The number of benzene rings is 2. The highest BCUT2D eigenvalue weighted by atomic mass is 35.5. The summed E-state index contributed by atoms with van der Waals surface area (Å²) >= 11 is 6.06. The summed E-state index contributed by atoms with van der Waals surface area (Å²) in [6.07, 6.45) is 0. The van der Waals surface area contributed by atoms with E-state index < -0.39 is 10.0 Å². The molecular weight excluding hydrogens is 404 g/mol. The highest BCUT2D eigenvalue weighted by Crippen LogP contribution is 2.27. The van der Waals surface area contributed by atoms with Crippen LogP contribution in [0.1, 0.15) is 15.9 Å². The molecule has 2 aromatic carbocycles. The zero-order valence-electron chi connectivity index (χ0n) is 15.4. The van der Waals surface area contributed by atoms with Gasteiger partial charge in [0.05, 0.1) is 31.1 Å². The summed E-state index contributed by atoms with van der Waals surface area (Å²) in [7, 11) is -1.89. The summed E-state index contributed by atoms with van der Waals surface area (Å²) in [5, 5.41) is 3.14. The Hall–Kier alpha value is -2.13. The first-order valence-electron chi connectivity index (χ1n) is 8.68. The van der Waals surface area contributed by atoms with Crippen LogP contribution in [-0.2, 0) is 20.5 Å². The fourth-order valence-electron chi connectivity index (χ4n) is 2.83. The molecule has 1 heterocycles. The lowest BCUT2D eigenvalue weighted by Crippen LogP contribution is -2.41. The van der Waals surface area contributed by atoms with Crippen molar-refractivity contribution in [1.82, 2.24) is 4.31 Å². The first kappa shape index (κ1) is 20.6. The molecule has 0 spiro atoms. The summed E-state index contributed by atoms with van der Waals surface area (Å²) in [6, 6.07) is 11.4. The normalized spacial score (nSPS) is 15.2. The fraction of sp³-hybridized carbons (Fsp3) is 0.316. The molecule has 9 heteroatoms. The average molecular weight is 425 g/mol. The molecule has 0 aromatic heterocycles. The number of hydrogen-bond acceptors (Lipinski definition) is 5. The van der Waals surface area contributed by atoms with E-state index >= 15 is 0 Å². The number of hydrogen-bond donors (Lipinski definition) is 1. The first-order valence-corrected chi connectivity index (χ1v) is 10.7. The standard InChI is InChI=1S/C19H21ClN2O5S/c1-26-18-7-6-16(12-17(18)20)21-19(23)15-4-2-14(3-5-15)13-28(24,25)22-8-10-27-11-9-22/h2-7,12H,8-11,13H2,1H3,(H,21,23). The van der Waals surface area contributed by atoms with Gasteiger partial charge >= 0.3 is 0 Å². The number of sulfonamides is 1. The van der Waals surface area contributed by atoms with Crippen molar-refractivity contribution in [3.8, 4) is 5.75 Å². The Morgan fingerprint density at radius 2 is 1.86 bits per heavy atom. The lowest BCUT2D eigenvalue weighted by Gasteiger charge is -2.26. The average Bonchev–Trinajstić information content (AvgIpc) is 2.69. The Balaban J connectivity index is 1.65. The molecule has 2 aromatic rings. The molecule has 1 saturated heterocycles. The third kappa shape index (κ3) is 5.02. The van der Waals surface area contributed by atoms with Gasteiger partial charge in [0.1, 0.15) is 5.75 Å². The highest BCUT2D eigenvalue weighted by Gasteiger charge is 2.24. The number of rotatable bonds is 6. The molecule has 150 valence electrons. The van der Waals surface area contributed by atoms with Gasteiger partial charge in [0.25, 0.3) is 5.91 Å². The number of nitrogens with zero attached hydrogens (tertiary/aromatic N) is 1. The number of morpholine rings is 1. The maximum atomic E-state index is 12.5. The SMILES string of the molecule is COc1ccc(NC(=O)c2ccc(CS(=O)(=O)N3CCOCC3)cc2)cc1Cl. The molecule has 0 atom stereocenters. The van der Waals surface area contributed by atoms with Crippen molar-refractivity contribution < 1.29 is 22.7 Å². The fourth-order valence-corrected chi connectivity index (χ4v) is 4.59. The van der Waals surface area contributed by atoms with E-state index in [4.69, 9.17) is 21.1 Å². The summed E-state index contributed by atoms with van der Waals surface area (Å²) in [4.78, 5) is 12.4. The summed E-state index contributed by atoms with van der Waals surface area (Å²) in [5.41, 5.74) is 1.57. The van der Waals surface area contributed by atoms with Crippen LogP contribution in [0.3, 0.4) is 0 Å². The van der Waals surface area contributed by atoms with Crippen LogP contribution in [0.2, 0.25) is 5.02 Å². The van der Waals surface area contributed by atoms with Crippen molar-refractivity contribution >= 4 is 33.2 Å². The minimum atomic E-state index is -3.40. The van der Waals surface area contributed by atoms with E-state index in [2.05, 4.69) is 5.32 Å². The smallest absolute Gasteiger partial charge is 0.255 e. The van der Waals surface area contributed by atoms with Crippen molar-refractivity contribution in [3.05, 3.63) is 58.6 Å². The number of amides is 1. The molecule has 28 heavy (non-hydrogen) atoms. The second-order valence-electron chi connectivity index (χ2n) is 6.27. The van der Waals surface area contributed by atoms with Gasteiger partial charge in [-0.25, -0.2) is 8.42 Å². The van der Waals surface area contributed by atoms with Gasteiger partial charge in [-0.05, 0) is 35.9 Å². The minimum absolute atomic E-state index is 0.108.